The molecule has 3 rings (SSSR count). The van der Waals surface area contributed by atoms with Crippen molar-refractivity contribution in [3.05, 3.63) is 54.1 Å². The molecule has 2 unspecified atom stereocenters. The number of rotatable bonds is 2. The van der Waals surface area contributed by atoms with Crippen molar-refractivity contribution in [1.29, 1.82) is 0 Å². The first-order valence-electron chi connectivity index (χ1n) is 6.48. The van der Waals surface area contributed by atoms with Gasteiger partial charge in [0.15, 0.2) is 0 Å². The first-order chi connectivity index (χ1) is 9.78. The van der Waals surface area contributed by atoms with Crippen molar-refractivity contribution in [2.75, 3.05) is 0 Å². The fourth-order valence-electron chi connectivity index (χ4n) is 2.22. The van der Waals surface area contributed by atoms with Crippen LogP contribution in [0.15, 0.2) is 59.1 Å². The number of fused-ring (bicyclic) bond motifs is 1. The molecule has 1 aromatic rings. The van der Waals surface area contributed by atoms with E-state index in [2.05, 4.69) is 10.4 Å². The number of hydrogen-bond acceptors (Lipinski definition) is 4. The van der Waals surface area contributed by atoms with Gasteiger partial charge in [-0.2, -0.15) is 0 Å². The molecule has 0 spiro atoms. The van der Waals surface area contributed by atoms with Gasteiger partial charge >= 0.3 is 0 Å². The summed E-state index contributed by atoms with van der Waals surface area (Å²) in [4.78, 5) is 16.1. The van der Waals surface area contributed by atoms with E-state index >= 15 is 0 Å². The van der Waals surface area contributed by atoms with Crippen LogP contribution in [0.5, 0.6) is 5.75 Å². The SMILES string of the molecule is NNC(=O)C1=CC=CC(Oc2ccccc2)=NC2CC12. The molecular formula is C15H15N3O2. The zero-order chi connectivity index (χ0) is 13.9. The van der Waals surface area contributed by atoms with Gasteiger partial charge in [0.05, 0.1) is 6.04 Å². The molecule has 0 aromatic heterocycles. The van der Waals surface area contributed by atoms with E-state index < -0.39 is 0 Å². The van der Waals surface area contributed by atoms with Gasteiger partial charge in [0, 0.05) is 17.6 Å². The quantitative estimate of drug-likeness (QED) is 0.483. The fraction of sp³-hybridized carbons (Fsp3) is 0.200. The molecule has 102 valence electrons. The van der Waals surface area contributed by atoms with Crippen molar-refractivity contribution in [2.45, 2.75) is 12.5 Å². The highest BCUT2D eigenvalue weighted by molar-refractivity contribution is 5.96. The van der Waals surface area contributed by atoms with Crippen molar-refractivity contribution >= 4 is 11.8 Å². The summed E-state index contributed by atoms with van der Waals surface area (Å²) < 4.78 is 5.72. The lowest BCUT2D eigenvalue weighted by Crippen LogP contribution is -2.32. The first kappa shape index (κ1) is 12.6. The summed E-state index contributed by atoms with van der Waals surface area (Å²) in [6.45, 7) is 0. The molecule has 1 aromatic carbocycles. The summed E-state index contributed by atoms with van der Waals surface area (Å²) in [6.07, 6.45) is 6.14. The number of hydrazine groups is 1. The van der Waals surface area contributed by atoms with Gasteiger partial charge < -0.3 is 4.74 Å². The molecule has 1 aliphatic carbocycles. The van der Waals surface area contributed by atoms with Gasteiger partial charge in [-0.1, -0.05) is 30.4 Å². The van der Waals surface area contributed by atoms with Gasteiger partial charge in [-0.25, -0.2) is 10.8 Å². The van der Waals surface area contributed by atoms with E-state index in [1.54, 1.807) is 18.2 Å². The third-order valence-electron chi connectivity index (χ3n) is 3.32. The smallest absolute Gasteiger partial charge is 0.261 e. The second-order valence-corrected chi connectivity index (χ2v) is 4.75. The number of aliphatic imine (C=N–C) groups is 1. The molecule has 5 heteroatoms. The van der Waals surface area contributed by atoms with E-state index in [-0.39, 0.29) is 17.9 Å². The highest BCUT2D eigenvalue weighted by Crippen LogP contribution is 2.41. The van der Waals surface area contributed by atoms with Crippen LogP contribution in [0.2, 0.25) is 0 Å². The van der Waals surface area contributed by atoms with Crippen LogP contribution in [0.1, 0.15) is 6.42 Å². The summed E-state index contributed by atoms with van der Waals surface area (Å²) in [5.74, 6) is 6.38. The van der Waals surface area contributed by atoms with Crippen molar-refractivity contribution in [1.82, 2.24) is 5.43 Å². The van der Waals surface area contributed by atoms with Gasteiger partial charge in [-0.15, -0.1) is 0 Å². The van der Waals surface area contributed by atoms with Crippen molar-refractivity contribution in [3.8, 4) is 5.75 Å². The molecule has 2 aliphatic rings. The van der Waals surface area contributed by atoms with E-state index in [9.17, 15) is 4.79 Å². The Morgan fingerprint density at radius 2 is 2.15 bits per heavy atom. The third kappa shape index (κ3) is 2.62. The maximum atomic E-state index is 11.6. The number of amides is 1. The standard InChI is InChI=1S/C15H15N3O2/c16-18-15(19)11-7-4-8-14(17-13-9-12(11)13)20-10-5-2-1-3-6-10/h1-8,12-13H,9,16H2,(H,18,19). The summed E-state index contributed by atoms with van der Waals surface area (Å²) in [6, 6.07) is 9.60. The Labute approximate surface area is 116 Å². The van der Waals surface area contributed by atoms with Crippen molar-refractivity contribution in [2.24, 2.45) is 16.8 Å². The molecule has 1 heterocycles. The molecule has 1 saturated carbocycles. The van der Waals surface area contributed by atoms with Crippen LogP contribution < -0.4 is 16.0 Å². The van der Waals surface area contributed by atoms with Gasteiger partial charge in [-0.05, 0) is 18.6 Å². The van der Waals surface area contributed by atoms with E-state index in [1.165, 1.54) is 0 Å². The maximum Gasteiger partial charge on any atom is 0.261 e. The number of ether oxygens (including phenoxy) is 1. The molecular weight excluding hydrogens is 254 g/mol. The first-order valence-corrected chi connectivity index (χ1v) is 6.48. The van der Waals surface area contributed by atoms with Crippen LogP contribution in [0.3, 0.4) is 0 Å². The Morgan fingerprint density at radius 3 is 2.90 bits per heavy atom. The highest BCUT2D eigenvalue weighted by Gasteiger charge is 2.43. The molecule has 1 fully saturated rings. The minimum atomic E-state index is -0.246. The number of carbonyl (C=O) groups excluding carboxylic acids is 1. The Hall–Kier alpha value is -2.40. The lowest BCUT2D eigenvalue weighted by atomic mass is 10.1. The van der Waals surface area contributed by atoms with Crippen LogP contribution in [0, 0.1) is 5.92 Å². The molecule has 2 atom stereocenters. The largest absolute Gasteiger partial charge is 0.439 e. The molecule has 0 radical (unpaired) electrons. The van der Waals surface area contributed by atoms with Crippen LogP contribution in [-0.2, 0) is 4.79 Å². The fourth-order valence-corrected chi connectivity index (χ4v) is 2.22. The van der Waals surface area contributed by atoms with E-state index in [0.29, 0.717) is 11.5 Å². The van der Waals surface area contributed by atoms with Crippen LogP contribution in [-0.4, -0.2) is 17.8 Å². The normalized spacial score (nSPS) is 23.6. The average Bonchev–Trinajstić information content (AvgIpc) is 3.19. The van der Waals surface area contributed by atoms with Gasteiger partial charge in [0.1, 0.15) is 5.75 Å². The van der Waals surface area contributed by atoms with E-state index in [0.717, 1.165) is 12.2 Å². The number of nitrogens with one attached hydrogen (secondary N) is 1. The average molecular weight is 269 g/mol. The summed E-state index contributed by atoms with van der Waals surface area (Å²) in [5, 5.41) is 0. The predicted molar refractivity (Wildman–Crippen MR) is 76.0 cm³/mol. The van der Waals surface area contributed by atoms with Crippen LogP contribution >= 0.6 is 0 Å². The Kier molecular flexibility index (Phi) is 3.35. The minimum absolute atomic E-state index is 0.0993. The van der Waals surface area contributed by atoms with Crippen LogP contribution in [0.25, 0.3) is 0 Å². The Morgan fingerprint density at radius 1 is 1.35 bits per heavy atom. The molecule has 1 amide bonds. The summed E-state index contributed by atoms with van der Waals surface area (Å²) in [7, 11) is 0. The predicted octanol–water partition coefficient (Wildman–Crippen LogP) is 1.34. The van der Waals surface area contributed by atoms with E-state index in [4.69, 9.17) is 10.6 Å². The zero-order valence-electron chi connectivity index (χ0n) is 10.8. The molecule has 0 saturated heterocycles. The number of allylic oxidation sites excluding steroid dienone is 2. The number of para-hydroxylation sites is 1. The number of nitrogens with zero attached hydrogens (tertiary/aromatic N) is 1. The monoisotopic (exact) mass is 269 g/mol. The molecule has 1 aliphatic heterocycles. The summed E-state index contributed by atoms with van der Waals surface area (Å²) in [5.41, 5.74) is 2.85. The second kappa shape index (κ2) is 5.30. The van der Waals surface area contributed by atoms with Crippen molar-refractivity contribution in [3.63, 3.8) is 0 Å². The molecule has 20 heavy (non-hydrogen) atoms. The van der Waals surface area contributed by atoms with Gasteiger partial charge in [0.25, 0.3) is 5.91 Å². The maximum absolute atomic E-state index is 11.6. The second-order valence-electron chi connectivity index (χ2n) is 4.75. The zero-order valence-corrected chi connectivity index (χ0v) is 10.8. The lowest BCUT2D eigenvalue weighted by Gasteiger charge is -2.08. The molecule has 3 N–H and O–H groups in total. The Balaban J connectivity index is 1.78. The van der Waals surface area contributed by atoms with Crippen LogP contribution in [0.4, 0.5) is 0 Å². The number of carbonyl (C=O) groups is 1. The van der Waals surface area contributed by atoms with E-state index in [1.807, 2.05) is 30.3 Å². The topological polar surface area (TPSA) is 76.7 Å². The number of benzene rings is 1. The lowest BCUT2D eigenvalue weighted by molar-refractivity contribution is -0.117. The van der Waals surface area contributed by atoms with Gasteiger partial charge in [0.2, 0.25) is 5.90 Å². The number of hydrogen-bond donors (Lipinski definition) is 2. The van der Waals surface area contributed by atoms with Gasteiger partial charge in [-0.3, -0.25) is 10.2 Å². The molecule has 0 bridgehead atoms. The summed E-state index contributed by atoms with van der Waals surface area (Å²) >= 11 is 0. The minimum Gasteiger partial charge on any atom is -0.439 e. The highest BCUT2D eigenvalue weighted by atomic mass is 16.5. The Bertz CT molecular complexity index is 605. The molecule has 5 nitrogen and oxygen atoms in total. The number of nitrogens with two attached hydrogens (primary N) is 1. The van der Waals surface area contributed by atoms with Crippen molar-refractivity contribution < 1.29 is 9.53 Å². The third-order valence-corrected chi connectivity index (χ3v) is 3.32.